The average Bonchev–Trinajstić information content (AvgIpc) is 3.47. The van der Waals surface area contributed by atoms with E-state index >= 15 is 0 Å². The molecular formula is C45H49N3OSi+2. The molecule has 6 aromatic rings. The van der Waals surface area contributed by atoms with Crippen molar-refractivity contribution in [3.05, 3.63) is 144 Å². The minimum atomic E-state index is -1.27. The predicted octanol–water partition coefficient (Wildman–Crippen LogP) is 10.4. The van der Waals surface area contributed by atoms with Crippen LogP contribution in [0.2, 0.25) is 25.7 Å². The first-order valence-corrected chi connectivity index (χ1v) is 21.6. The van der Waals surface area contributed by atoms with Gasteiger partial charge in [-0.05, 0) is 79.3 Å². The van der Waals surface area contributed by atoms with E-state index in [2.05, 4.69) is 166 Å². The summed E-state index contributed by atoms with van der Waals surface area (Å²) >= 11 is 0. The Hall–Kier alpha value is -4.87. The third-order valence-corrected chi connectivity index (χ3v) is 12.3. The van der Waals surface area contributed by atoms with E-state index in [-0.39, 0.29) is 6.04 Å². The minimum Gasteiger partial charge on any atom is -0.437 e. The highest BCUT2D eigenvalue weighted by atomic mass is 28.3. The summed E-state index contributed by atoms with van der Waals surface area (Å²) in [5, 5.41) is 2.14. The fourth-order valence-corrected chi connectivity index (χ4v) is 8.95. The Morgan fingerprint density at radius 1 is 0.840 bits per heavy atom. The van der Waals surface area contributed by atoms with Crippen molar-refractivity contribution < 1.29 is 13.6 Å². The number of allylic oxidation sites excluding steroid dienone is 1. The van der Waals surface area contributed by atoms with Crippen LogP contribution in [0.5, 0.6) is 0 Å². The number of benzene rings is 3. The molecule has 0 radical (unpaired) electrons. The number of aromatic nitrogens is 2. The Labute approximate surface area is 298 Å². The van der Waals surface area contributed by atoms with E-state index in [4.69, 9.17) is 9.40 Å². The number of fused-ring (bicyclic) bond motifs is 4. The normalized spacial score (nSPS) is 16.2. The molecule has 0 bridgehead atoms. The third kappa shape index (κ3) is 6.09. The van der Waals surface area contributed by atoms with Gasteiger partial charge in [0.2, 0.25) is 17.1 Å². The lowest BCUT2D eigenvalue weighted by molar-refractivity contribution is -0.660. The zero-order chi connectivity index (χ0) is 35.2. The van der Waals surface area contributed by atoms with Gasteiger partial charge in [-0.15, -0.1) is 0 Å². The van der Waals surface area contributed by atoms with Crippen molar-refractivity contribution in [3.63, 3.8) is 0 Å². The van der Waals surface area contributed by atoms with E-state index in [0.717, 1.165) is 52.7 Å². The molecule has 1 aliphatic rings. The first kappa shape index (κ1) is 33.6. The van der Waals surface area contributed by atoms with Crippen LogP contribution in [0.4, 0.5) is 0 Å². The average molecular weight is 676 g/mol. The highest BCUT2D eigenvalue weighted by Gasteiger charge is 2.39. The second-order valence-corrected chi connectivity index (χ2v) is 20.8. The van der Waals surface area contributed by atoms with E-state index in [1.807, 2.05) is 0 Å². The SMILES string of the molecule is C=CC1=[N+](CC[Si](C)(C)C)C(C=C)C(CCc2ccc3c(oc4nc(-c5c(C)cccc5C)ccc43)c2-c2cccc[n+]2C)c2ccccc21. The van der Waals surface area contributed by atoms with Crippen LogP contribution in [0.25, 0.3) is 44.6 Å². The van der Waals surface area contributed by atoms with Crippen LogP contribution >= 0.6 is 0 Å². The van der Waals surface area contributed by atoms with Gasteiger partial charge in [-0.1, -0.05) is 81.3 Å². The third-order valence-electron chi connectivity index (χ3n) is 10.6. The van der Waals surface area contributed by atoms with Crippen LogP contribution in [-0.4, -0.2) is 35.9 Å². The summed E-state index contributed by atoms with van der Waals surface area (Å²) in [7, 11) is 0.846. The van der Waals surface area contributed by atoms with Crippen LogP contribution in [-0.2, 0) is 13.5 Å². The predicted molar refractivity (Wildman–Crippen MR) is 212 cm³/mol. The number of rotatable bonds is 10. The molecule has 0 aliphatic carbocycles. The maximum absolute atomic E-state index is 6.82. The second-order valence-electron chi connectivity index (χ2n) is 15.1. The van der Waals surface area contributed by atoms with E-state index in [0.29, 0.717) is 11.6 Å². The van der Waals surface area contributed by atoms with E-state index in [1.165, 1.54) is 45.1 Å². The van der Waals surface area contributed by atoms with Gasteiger partial charge >= 0.3 is 0 Å². The zero-order valence-electron chi connectivity index (χ0n) is 30.5. The van der Waals surface area contributed by atoms with Crippen molar-refractivity contribution in [2.24, 2.45) is 7.05 Å². The molecule has 3 aromatic carbocycles. The smallest absolute Gasteiger partial charge is 0.227 e. The lowest BCUT2D eigenvalue weighted by atomic mass is 9.79. The number of hydrogen-bond donors (Lipinski definition) is 0. The van der Waals surface area contributed by atoms with Gasteiger partial charge in [0.1, 0.15) is 13.6 Å². The van der Waals surface area contributed by atoms with Crippen molar-refractivity contribution in [2.75, 3.05) is 6.54 Å². The quantitative estimate of drug-likeness (QED) is 0.0823. The van der Waals surface area contributed by atoms with Crippen molar-refractivity contribution in [1.82, 2.24) is 4.98 Å². The number of pyridine rings is 2. The molecule has 0 saturated heterocycles. The highest BCUT2D eigenvalue weighted by Crippen LogP contribution is 2.41. The second kappa shape index (κ2) is 13.4. The van der Waals surface area contributed by atoms with Crippen LogP contribution in [0.15, 0.2) is 121 Å². The summed E-state index contributed by atoms with van der Waals surface area (Å²) in [4.78, 5) is 5.12. The van der Waals surface area contributed by atoms with E-state index in [9.17, 15) is 0 Å². The molecule has 0 saturated carbocycles. The Morgan fingerprint density at radius 2 is 1.58 bits per heavy atom. The number of hydrogen-bond acceptors (Lipinski definition) is 2. The Kier molecular flexibility index (Phi) is 9.04. The molecule has 0 amide bonds. The lowest BCUT2D eigenvalue weighted by Crippen LogP contribution is -2.42. The van der Waals surface area contributed by atoms with Crippen LogP contribution in [0.3, 0.4) is 0 Å². The minimum absolute atomic E-state index is 0.188. The van der Waals surface area contributed by atoms with Gasteiger partial charge in [0.15, 0.2) is 17.8 Å². The molecule has 0 spiro atoms. The van der Waals surface area contributed by atoms with Gasteiger partial charge in [0.25, 0.3) is 0 Å². The van der Waals surface area contributed by atoms with Crippen LogP contribution in [0.1, 0.15) is 40.2 Å². The first-order valence-electron chi connectivity index (χ1n) is 17.9. The Bertz CT molecular complexity index is 2280. The highest BCUT2D eigenvalue weighted by molar-refractivity contribution is 6.76. The van der Waals surface area contributed by atoms with Gasteiger partial charge in [-0.2, -0.15) is 0 Å². The molecule has 3 aromatic heterocycles. The molecule has 7 rings (SSSR count). The molecule has 4 nitrogen and oxygen atoms in total. The fourth-order valence-electron chi connectivity index (χ4n) is 8.04. The van der Waals surface area contributed by atoms with Gasteiger partial charge < -0.3 is 4.42 Å². The molecule has 0 N–H and O–H groups in total. The summed E-state index contributed by atoms with van der Waals surface area (Å²) < 4.78 is 11.6. The van der Waals surface area contributed by atoms with Gasteiger partial charge in [0.05, 0.1) is 25.2 Å². The van der Waals surface area contributed by atoms with E-state index < -0.39 is 8.07 Å². The molecule has 0 fully saturated rings. The lowest BCUT2D eigenvalue weighted by Gasteiger charge is -2.31. The topological polar surface area (TPSA) is 32.9 Å². The van der Waals surface area contributed by atoms with Crippen LogP contribution < -0.4 is 4.57 Å². The number of nitrogens with zero attached hydrogens (tertiary/aromatic N) is 3. The molecule has 2 atom stereocenters. The summed E-state index contributed by atoms with van der Waals surface area (Å²) in [6.45, 7) is 21.4. The Balaban J connectivity index is 1.34. The molecule has 252 valence electrons. The summed E-state index contributed by atoms with van der Waals surface area (Å²) in [6, 6.07) is 32.0. The summed E-state index contributed by atoms with van der Waals surface area (Å²) in [6.07, 6.45) is 8.22. The molecular weight excluding hydrogens is 627 g/mol. The molecule has 5 heteroatoms. The first-order chi connectivity index (χ1) is 24.1. The van der Waals surface area contributed by atoms with Gasteiger partial charge in [0, 0.05) is 46.2 Å². The van der Waals surface area contributed by atoms with Crippen molar-refractivity contribution in [3.8, 4) is 22.5 Å². The zero-order valence-corrected chi connectivity index (χ0v) is 31.5. The number of aryl methyl sites for hydroxylation is 4. The fraction of sp³-hybridized carbons (Fsp3) is 0.267. The molecule has 1 aliphatic heterocycles. The van der Waals surface area contributed by atoms with E-state index in [1.54, 1.807) is 0 Å². The van der Waals surface area contributed by atoms with Gasteiger partial charge in [-0.3, -0.25) is 0 Å². The Morgan fingerprint density at radius 3 is 2.30 bits per heavy atom. The maximum Gasteiger partial charge on any atom is 0.227 e. The molecule has 4 heterocycles. The number of furan rings is 1. The van der Waals surface area contributed by atoms with Gasteiger partial charge in [-0.25, -0.2) is 14.1 Å². The van der Waals surface area contributed by atoms with Crippen molar-refractivity contribution in [2.45, 2.75) is 64.3 Å². The molecule has 2 unspecified atom stereocenters. The maximum atomic E-state index is 6.82. The molecule has 50 heavy (non-hydrogen) atoms. The standard InChI is InChI=1S/C45H49N3OSi/c1-9-39-34-19-12-11-18-33(34)35(40(10-2)48(39)28-29-50(6,7)8)23-21-32-22-24-36-37-25-26-38(42-30(3)16-15-17-31(42)4)46-45(37)49-44(36)43(32)41-20-13-14-27-47(41)5/h9-20,22,24-27,35,40H,1-2,21,23,28-29H2,3-8H3/q+2. The van der Waals surface area contributed by atoms with Crippen LogP contribution in [0, 0.1) is 13.8 Å². The summed E-state index contributed by atoms with van der Waals surface area (Å²) in [5.74, 6) is 0.291. The van der Waals surface area contributed by atoms with Crippen molar-refractivity contribution in [1.29, 1.82) is 0 Å². The largest absolute Gasteiger partial charge is 0.437 e. The summed E-state index contributed by atoms with van der Waals surface area (Å²) in [5.41, 5.74) is 13.6. The van der Waals surface area contributed by atoms with Crippen molar-refractivity contribution >= 4 is 35.9 Å². The monoisotopic (exact) mass is 675 g/mol.